The molecule has 1 aromatic carbocycles. The Morgan fingerprint density at radius 2 is 1.94 bits per heavy atom. The second kappa shape index (κ2) is 4.77. The van der Waals surface area contributed by atoms with Crippen molar-refractivity contribution in [2.75, 3.05) is 13.1 Å². The Hall–Kier alpha value is -1.90. The van der Waals surface area contributed by atoms with Crippen LogP contribution in [-0.4, -0.2) is 28.9 Å². The number of carbonyl (C=O) groups is 1. The van der Waals surface area contributed by atoms with E-state index in [1.807, 2.05) is 35.2 Å². The SMILES string of the molecule is O=C(c1ccc2ncccc2c1)N1CCCCC1. The van der Waals surface area contributed by atoms with Crippen LogP contribution >= 0.6 is 0 Å². The van der Waals surface area contributed by atoms with E-state index < -0.39 is 0 Å². The van der Waals surface area contributed by atoms with Gasteiger partial charge in [0.25, 0.3) is 5.91 Å². The van der Waals surface area contributed by atoms with Crippen molar-refractivity contribution < 1.29 is 4.79 Å². The molecule has 2 aromatic rings. The van der Waals surface area contributed by atoms with Crippen LogP contribution in [0.2, 0.25) is 0 Å². The largest absolute Gasteiger partial charge is 0.339 e. The highest BCUT2D eigenvalue weighted by molar-refractivity contribution is 5.97. The first-order valence-corrected chi connectivity index (χ1v) is 6.49. The van der Waals surface area contributed by atoms with E-state index >= 15 is 0 Å². The molecule has 18 heavy (non-hydrogen) atoms. The normalized spacial score (nSPS) is 15.9. The third-order valence-electron chi connectivity index (χ3n) is 3.49. The van der Waals surface area contributed by atoms with Gasteiger partial charge in [-0.3, -0.25) is 9.78 Å². The number of rotatable bonds is 1. The minimum absolute atomic E-state index is 0.153. The molecule has 0 N–H and O–H groups in total. The van der Waals surface area contributed by atoms with Gasteiger partial charge >= 0.3 is 0 Å². The third-order valence-corrected chi connectivity index (χ3v) is 3.49. The van der Waals surface area contributed by atoms with Gasteiger partial charge in [-0.15, -0.1) is 0 Å². The number of hydrogen-bond acceptors (Lipinski definition) is 2. The standard InChI is InChI=1S/C15H16N2O/c18-15(17-9-2-1-3-10-17)13-6-7-14-12(11-13)5-4-8-16-14/h4-8,11H,1-3,9-10H2. The number of likely N-dealkylation sites (tertiary alicyclic amines) is 1. The number of benzene rings is 1. The molecule has 3 nitrogen and oxygen atoms in total. The molecule has 0 bridgehead atoms. The van der Waals surface area contributed by atoms with Crippen molar-refractivity contribution in [1.82, 2.24) is 9.88 Å². The summed E-state index contributed by atoms with van der Waals surface area (Å²) in [5, 5.41) is 1.03. The summed E-state index contributed by atoms with van der Waals surface area (Å²) < 4.78 is 0. The number of piperidine rings is 1. The Morgan fingerprint density at radius 1 is 1.11 bits per heavy atom. The van der Waals surface area contributed by atoms with E-state index in [-0.39, 0.29) is 5.91 Å². The molecule has 2 heterocycles. The zero-order chi connectivity index (χ0) is 12.4. The second-order valence-electron chi connectivity index (χ2n) is 4.76. The van der Waals surface area contributed by atoms with Gasteiger partial charge in [-0.2, -0.15) is 0 Å². The summed E-state index contributed by atoms with van der Waals surface area (Å²) in [6.45, 7) is 1.79. The first-order chi connectivity index (χ1) is 8.84. The van der Waals surface area contributed by atoms with Crippen LogP contribution in [0.3, 0.4) is 0 Å². The van der Waals surface area contributed by atoms with Crippen LogP contribution in [0, 0.1) is 0 Å². The van der Waals surface area contributed by atoms with Crippen LogP contribution in [0.5, 0.6) is 0 Å². The molecule has 1 fully saturated rings. The topological polar surface area (TPSA) is 33.2 Å². The number of aromatic nitrogens is 1. The number of fused-ring (bicyclic) bond motifs is 1. The van der Waals surface area contributed by atoms with Crippen LogP contribution in [0.4, 0.5) is 0 Å². The van der Waals surface area contributed by atoms with Crippen LogP contribution in [0.1, 0.15) is 29.6 Å². The van der Waals surface area contributed by atoms with Gasteiger partial charge in [-0.05, 0) is 43.5 Å². The molecule has 0 spiro atoms. The molecule has 1 aliphatic heterocycles. The predicted octanol–water partition coefficient (Wildman–Crippen LogP) is 2.86. The summed E-state index contributed by atoms with van der Waals surface area (Å²) in [6.07, 6.45) is 5.27. The lowest BCUT2D eigenvalue weighted by Crippen LogP contribution is -2.35. The molecule has 1 aromatic heterocycles. The molecule has 0 unspecified atom stereocenters. The Balaban J connectivity index is 1.91. The lowest BCUT2D eigenvalue weighted by atomic mass is 10.1. The van der Waals surface area contributed by atoms with Crippen molar-refractivity contribution in [2.45, 2.75) is 19.3 Å². The Labute approximate surface area is 106 Å². The summed E-state index contributed by atoms with van der Waals surface area (Å²) in [4.78, 5) is 18.6. The van der Waals surface area contributed by atoms with Crippen molar-refractivity contribution in [1.29, 1.82) is 0 Å². The molecular formula is C15H16N2O. The zero-order valence-corrected chi connectivity index (χ0v) is 10.3. The first kappa shape index (κ1) is 11.2. The molecular weight excluding hydrogens is 224 g/mol. The fourth-order valence-corrected chi connectivity index (χ4v) is 2.49. The smallest absolute Gasteiger partial charge is 0.253 e. The second-order valence-corrected chi connectivity index (χ2v) is 4.76. The lowest BCUT2D eigenvalue weighted by molar-refractivity contribution is 0.0724. The fraction of sp³-hybridized carbons (Fsp3) is 0.333. The first-order valence-electron chi connectivity index (χ1n) is 6.49. The van der Waals surface area contributed by atoms with Gasteiger partial charge < -0.3 is 4.90 Å². The van der Waals surface area contributed by atoms with Crippen molar-refractivity contribution >= 4 is 16.8 Å². The van der Waals surface area contributed by atoms with E-state index in [9.17, 15) is 4.79 Å². The summed E-state index contributed by atoms with van der Waals surface area (Å²) in [7, 11) is 0. The van der Waals surface area contributed by atoms with E-state index in [0.29, 0.717) is 0 Å². The summed E-state index contributed by atoms with van der Waals surface area (Å²) in [6, 6.07) is 9.64. The number of carbonyl (C=O) groups excluding carboxylic acids is 1. The molecule has 0 radical (unpaired) electrons. The van der Waals surface area contributed by atoms with Gasteiger partial charge in [0.15, 0.2) is 0 Å². The van der Waals surface area contributed by atoms with Gasteiger partial charge in [-0.1, -0.05) is 6.07 Å². The van der Waals surface area contributed by atoms with Crippen molar-refractivity contribution in [2.24, 2.45) is 0 Å². The molecule has 1 amide bonds. The molecule has 0 atom stereocenters. The van der Waals surface area contributed by atoms with E-state index in [4.69, 9.17) is 0 Å². The van der Waals surface area contributed by atoms with Crippen LogP contribution in [0.25, 0.3) is 10.9 Å². The predicted molar refractivity (Wildman–Crippen MR) is 71.5 cm³/mol. The highest BCUT2D eigenvalue weighted by atomic mass is 16.2. The van der Waals surface area contributed by atoms with Gasteiger partial charge in [-0.25, -0.2) is 0 Å². The highest BCUT2D eigenvalue weighted by Crippen LogP contribution is 2.17. The van der Waals surface area contributed by atoms with E-state index in [1.54, 1.807) is 6.20 Å². The van der Waals surface area contributed by atoms with E-state index in [0.717, 1.165) is 42.4 Å². The van der Waals surface area contributed by atoms with Gasteiger partial charge in [0.2, 0.25) is 0 Å². The molecule has 0 saturated carbocycles. The average Bonchev–Trinajstić information content (AvgIpc) is 2.47. The maximum absolute atomic E-state index is 12.3. The van der Waals surface area contributed by atoms with E-state index in [1.165, 1.54) is 6.42 Å². The zero-order valence-electron chi connectivity index (χ0n) is 10.3. The summed E-state index contributed by atoms with van der Waals surface area (Å²) in [5.74, 6) is 0.153. The quantitative estimate of drug-likeness (QED) is 0.768. The van der Waals surface area contributed by atoms with Crippen molar-refractivity contribution in [3.8, 4) is 0 Å². The molecule has 3 rings (SSSR count). The fourth-order valence-electron chi connectivity index (χ4n) is 2.49. The molecule has 1 saturated heterocycles. The Bertz CT molecular complexity index is 573. The maximum atomic E-state index is 12.3. The minimum Gasteiger partial charge on any atom is -0.339 e. The minimum atomic E-state index is 0.153. The highest BCUT2D eigenvalue weighted by Gasteiger charge is 2.18. The molecule has 0 aliphatic carbocycles. The monoisotopic (exact) mass is 240 g/mol. The Morgan fingerprint density at radius 3 is 2.78 bits per heavy atom. The lowest BCUT2D eigenvalue weighted by Gasteiger charge is -2.26. The molecule has 92 valence electrons. The van der Waals surface area contributed by atoms with Gasteiger partial charge in [0.05, 0.1) is 5.52 Å². The van der Waals surface area contributed by atoms with Gasteiger partial charge in [0.1, 0.15) is 0 Å². The average molecular weight is 240 g/mol. The van der Waals surface area contributed by atoms with E-state index in [2.05, 4.69) is 4.98 Å². The third kappa shape index (κ3) is 2.08. The van der Waals surface area contributed by atoms with Crippen LogP contribution in [0.15, 0.2) is 36.5 Å². The number of amides is 1. The molecule has 1 aliphatic rings. The molecule has 3 heteroatoms. The van der Waals surface area contributed by atoms with Crippen LogP contribution < -0.4 is 0 Å². The van der Waals surface area contributed by atoms with Gasteiger partial charge in [0, 0.05) is 30.2 Å². The number of pyridine rings is 1. The van der Waals surface area contributed by atoms with Crippen LogP contribution in [-0.2, 0) is 0 Å². The maximum Gasteiger partial charge on any atom is 0.253 e. The number of nitrogens with zero attached hydrogens (tertiary/aromatic N) is 2. The van der Waals surface area contributed by atoms with Crippen molar-refractivity contribution in [3.05, 3.63) is 42.1 Å². The number of hydrogen-bond donors (Lipinski definition) is 0. The summed E-state index contributed by atoms with van der Waals surface area (Å²) in [5.41, 5.74) is 1.71. The summed E-state index contributed by atoms with van der Waals surface area (Å²) >= 11 is 0. The van der Waals surface area contributed by atoms with Crippen molar-refractivity contribution in [3.63, 3.8) is 0 Å². The Kier molecular flexibility index (Phi) is 2.97.